The largest absolute Gasteiger partial charge is 0.478 e. The summed E-state index contributed by atoms with van der Waals surface area (Å²) in [4.78, 5) is 22.8. The smallest absolute Gasteiger partial charge is 0.335 e. The van der Waals surface area contributed by atoms with Crippen LogP contribution in [0.5, 0.6) is 0 Å². The minimum absolute atomic E-state index is 0.124. The Labute approximate surface area is 123 Å². The van der Waals surface area contributed by atoms with E-state index in [1.807, 2.05) is 31.2 Å². The molecule has 0 aliphatic rings. The SMILES string of the molecule is Cc1ccccc1CCC(=O)Nc1cccc(C(=O)O)c1. The van der Waals surface area contributed by atoms with Gasteiger partial charge in [-0.2, -0.15) is 0 Å². The van der Waals surface area contributed by atoms with Crippen LogP contribution < -0.4 is 5.32 Å². The number of carboxylic acid groups (broad SMARTS) is 1. The summed E-state index contributed by atoms with van der Waals surface area (Å²) in [5.74, 6) is -1.13. The molecule has 0 aromatic heterocycles. The predicted octanol–water partition coefficient (Wildman–Crippen LogP) is 3.26. The molecule has 0 fully saturated rings. The fourth-order valence-electron chi connectivity index (χ4n) is 2.09. The Kier molecular flexibility index (Phi) is 4.72. The molecule has 0 spiro atoms. The number of carbonyl (C=O) groups is 2. The van der Waals surface area contributed by atoms with Gasteiger partial charge < -0.3 is 10.4 Å². The second-order valence-corrected chi connectivity index (χ2v) is 4.86. The second kappa shape index (κ2) is 6.70. The van der Waals surface area contributed by atoms with E-state index in [2.05, 4.69) is 5.32 Å². The van der Waals surface area contributed by atoms with Crippen molar-refractivity contribution in [1.82, 2.24) is 0 Å². The van der Waals surface area contributed by atoms with Gasteiger partial charge in [0.05, 0.1) is 5.56 Å². The number of hydrogen-bond donors (Lipinski definition) is 2. The Hall–Kier alpha value is -2.62. The summed E-state index contributed by atoms with van der Waals surface area (Å²) in [5.41, 5.74) is 2.97. The number of amides is 1. The first-order valence-corrected chi connectivity index (χ1v) is 6.74. The summed E-state index contributed by atoms with van der Waals surface area (Å²) in [7, 11) is 0. The highest BCUT2D eigenvalue weighted by molar-refractivity contribution is 5.93. The molecular weight excluding hydrogens is 266 g/mol. The van der Waals surface area contributed by atoms with Gasteiger partial charge in [0.2, 0.25) is 5.91 Å². The molecule has 2 aromatic rings. The summed E-state index contributed by atoms with van der Waals surface area (Å²) in [6.45, 7) is 2.02. The first-order chi connectivity index (χ1) is 10.1. The lowest BCUT2D eigenvalue weighted by Crippen LogP contribution is -2.13. The Bertz CT molecular complexity index is 665. The van der Waals surface area contributed by atoms with Gasteiger partial charge in [0, 0.05) is 12.1 Å². The summed E-state index contributed by atoms with van der Waals surface area (Å²) in [5, 5.41) is 11.6. The van der Waals surface area contributed by atoms with E-state index in [1.54, 1.807) is 12.1 Å². The molecule has 108 valence electrons. The first-order valence-electron chi connectivity index (χ1n) is 6.74. The normalized spacial score (nSPS) is 10.1. The molecule has 21 heavy (non-hydrogen) atoms. The molecule has 0 unspecified atom stereocenters. The minimum Gasteiger partial charge on any atom is -0.478 e. The first kappa shape index (κ1) is 14.8. The molecule has 0 saturated carbocycles. The van der Waals surface area contributed by atoms with E-state index < -0.39 is 5.97 Å². The molecule has 0 aliphatic carbocycles. The van der Waals surface area contributed by atoms with Crippen LogP contribution in [0.2, 0.25) is 0 Å². The maximum atomic E-state index is 11.9. The number of aromatic carboxylic acids is 1. The average Bonchev–Trinajstić information content (AvgIpc) is 2.46. The van der Waals surface area contributed by atoms with E-state index in [0.29, 0.717) is 18.5 Å². The monoisotopic (exact) mass is 283 g/mol. The number of nitrogens with one attached hydrogen (secondary N) is 1. The van der Waals surface area contributed by atoms with Crippen molar-refractivity contribution in [3.8, 4) is 0 Å². The van der Waals surface area contributed by atoms with Crippen LogP contribution >= 0.6 is 0 Å². The molecule has 2 aromatic carbocycles. The Morgan fingerprint density at radius 3 is 2.57 bits per heavy atom. The van der Waals surface area contributed by atoms with Crippen LogP contribution in [0.25, 0.3) is 0 Å². The summed E-state index contributed by atoms with van der Waals surface area (Å²) >= 11 is 0. The van der Waals surface area contributed by atoms with Gasteiger partial charge in [0.1, 0.15) is 0 Å². The number of carbonyl (C=O) groups excluding carboxylic acids is 1. The predicted molar refractivity (Wildman–Crippen MR) is 81.5 cm³/mol. The number of benzene rings is 2. The fourth-order valence-corrected chi connectivity index (χ4v) is 2.09. The summed E-state index contributed by atoms with van der Waals surface area (Å²) in [6, 6.07) is 14.2. The van der Waals surface area contributed by atoms with Gasteiger partial charge >= 0.3 is 5.97 Å². The van der Waals surface area contributed by atoms with Crippen molar-refractivity contribution in [1.29, 1.82) is 0 Å². The molecule has 2 rings (SSSR count). The maximum absolute atomic E-state index is 11.9. The van der Waals surface area contributed by atoms with Crippen LogP contribution in [-0.4, -0.2) is 17.0 Å². The molecule has 0 atom stereocenters. The molecule has 0 bridgehead atoms. The zero-order chi connectivity index (χ0) is 15.2. The van der Waals surface area contributed by atoms with Crippen LogP contribution in [0.4, 0.5) is 5.69 Å². The van der Waals surface area contributed by atoms with E-state index in [-0.39, 0.29) is 11.5 Å². The highest BCUT2D eigenvalue weighted by Gasteiger charge is 2.07. The van der Waals surface area contributed by atoms with Gasteiger partial charge in [0.15, 0.2) is 0 Å². The van der Waals surface area contributed by atoms with Crippen LogP contribution in [0.3, 0.4) is 0 Å². The molecule has 0 saturated heterocycles. The van der Waals surface area contributed by atoms with Crippen LogP contribution in [0.15, 0.2) is 48.5 Å². The lowest BCUT2D eigenvalue weighted by molar-refractivity contribution is -0.116. The van der Waals surface area contributed by atoms with Crippen LogP contribution in [0.1, 0.15) is 27.9 Å². The lowest BCUT2D eigenvalue weighted by Gasteiger charge is -2.07. The van der Waals surface area contributed by atoms with Crippen molar-refractivity contribution in [3.63, 3.8) is 0 Å². The number of anilines is 1. The van der Waals surface area contributed by atoms with Gasteiger partial charge in [-0.25, -0.2) is 4.79 Å². The van der Waals surface area contributed by atoms with Gasteiger partial charge in [-0.05, 0) is 42.7 Å². The summed E-state index contributed by atoms with van der Waals surface area (Å²) in [6.07, 6.45) is 1.03. The molecule has 4 heteroatoms. The molecule has 0 heterocycles. The Balaban J connectivity index is 1.95. The number of hydrogen-bond acceptors (Lipinski definition) is 2. The van der Waals surface area contributed by atoms with E-state index in [9.17, 15) is 9.59 Å². The topological polar surface area (TPSA) is 66.4 Å². The Morgan fingerprint density at radius 1 is 1.10 bits per heavy atom. The number of rotatable bonds is 5. The van der Waals surface area contributed by atoms with E-state index in [1.165, 1.54) is 12.1 Å². The third kappa shape index (κ3) is 4.18. The van der Waals surface area contributed by atoms with Crippen molar-refractivity contribution in [2.24, 2.45) is 0 Å². The van der Waals surface area contributed by atoms with Crippen molar-refractivity contribution in [2.75, 3.05) is 5.32 Å². The molecule has 2 N–H and O–H groups in total. The molecular formula is C17H17NO3. The molecule has 0 aliphatic heterocycles. The average molecular weight is 283 g/mol. The second-order valence-electron chi connectivity index (χ2n) is 4.86. The number of aryl methyl sites for hydroxylation is 2. The quantitative estimate of drug-likeness (QED) is 0.885. The van der Waals surface area contributed by atoms with Crippen molar-refractivity contribution < 1.29 is 14.7 Å². The van der Waals surface area contributed by atoms with Crippen LogP contribution in [0, 0.1) is 6.92 Å². The van der Waals surface area contributed by atoms with Crippen molar-refractivity contribution >= 4 is 17.6 Å². The van der Waals surface area contributed by atoms with E-state index >= 15 is 0 Å². The standard InChI is InChI=1S/C17H17NO3/c1-12-5-2-3-6-13(12)9-10-16(19)18-15-8-4-7-14(11-15)17(20)21/h2-8,11H,9-10H2,1H3,(H,18,19)(H,20,21). The van der Waals surface area contributed by atoms with Crippen LogP contribution in [-0.2, 0) is 11.2 Å². The zero-order valence-electron chi connectivity index (χ0n) is 11.8. The third-order valence-corrected chi connectivity index (χ3v) is 3.28. The third-order valence-electron chi connectivity index (χ3n) is 3.28. The minimum atomic E-state index is -1.01. The van der Waals surface area contributed by atoms with E-state index in [0.717, 1.165) is 11.1 Å². The maximum Gasteiger partial charge on any atom is 0.335 e. The Morgan fingerprint density at radius 2 is 1.86 bits per heavy atom. The molecule has 0 radical (unpaired) electrons. The van der Waals surface area contributed by atoms with Gasteiger partial charge in [-0.1, -0.05) is 30.3 Å². The zero-order valence-corrected chi connectivity index (χ0v) is 11.8. The van der Waals surface area contributed by atoms with Gasteiger partial charge in [-0.15, -0.1) is 0 Å². The lowest BCUT2D eigenvalue weighted by atomic mass is 10.0. The van der Waals surface area contributed by atoms with Gasteiger partial charge in [0.25, 0.3) is 0 Å². The fraction of sp³-hybridized carbons (Fsp3) is 0.176. The van der Waals surface area contributed by atoms with Crippen molar-refractivity contribution in [2.45, 2.75) is 19.8 Å². The summed E-state index contributed by atoms with van der Waals surface area (Å²) < 4.78 is 0. The molecule has 4 nitrogen and oxygen atoms in total. The van der Waals surface area contributed by atoms with Gasteiger partial charge in [-0.3, -0.25) is 4.79 Å². The van der Waals surface area contributed by atoms with Crippen molar-refractivity contribution in [3.05, 3.63) is 65.2 Å². The highest BCUT2D eigenvalue weighted by Crippen LogP contribution is 2.13. The molecule has 1 amide bonds. The highest BCUT2D eigenvalue weighted by atomic mass is 16.4. The van der Waals surface area contributed by atoms with E-state index in [4.69, 9.17) is 5.11 Å². The number of carboxylic acids is 1.